The van der Waals surface area contributed by atoms with E-state index in [4.69, 9.17) is 4.74 Å². The Morgan fingerprint density at radius 2 is 1.95 bits per heavy atom. The molecule has 0 bridgehead atoms. The van der Waals surface area contributed by atoms with Gasteiger partial charge in [-0.1, -0.05) is 60.7 Å². The van der Waals surface area contributed by atoms with Gasteiger partial charge in [0.15, 0.2) is 0 Å². The summed E-state index contributed by atoms with van der Waals surface area (Å²) in [6, 6.07) is 23.1. The summed E-state index contributed by atoms with van der Waals surface area (Å²) in [7, 11) is 2.12. The first-order valence-corrected chi connectivity index (χ1v) is 13.0. The predicted molar refractivity (Wildman–Crippen MR) is 148 cm³/mol. The van der Waals surface area contributed by atoms with Crippen LogP contribution in [0.1, 0.15) is 47.2 Å². The van der Waals surface area contributed by atoms with Gasteiger partial charge in [-0.3, -0.25) is 14.8 Å². The number of hydrogen-bond donors (Lipinski definition) is 2. The summed E-state index contributed by atoms with van der Waals surface area (Å²) in [5.41, 5.74) is 7.17. The molecule has 2 N–H and O–H groups in total. The molecule has 0 unspecified atom stereocenters. The van der Waals surface area contributed by atoms with Crippen LogP contribution in [0.4, 0.5) is 5.69 Å². The maximum atomic E-state index is 12.9. The maximum absolute atomic E-state index is 12.9. The third-order valence-corrected chi connectivity index (χ3v) is 7.73. The second kappa shape index (κ2) is 9.61. The molecule has 1 fully saturated rings. The largest absolute Gasteiger partial charge is 0.380 e. The molecule has 4 aromatic rings. The number of nitrogens with one attached hydrogen (secondary N) is 2. The van der Waals surface area contributed by atoms with Crippen LogP contribution in [-0.2, 0) is 21.5 Å². The molecule has 0 saturated heterocycles. The number of anilines is 1. The molecule has 188 valence electrons. The van der Waals surface area contributed by atoms with Crippen LogP contribution in [0.25, 0.3) is 23.1 Å². The quantitative estimate of drug-likeness (QED) is 0.299. The number of aromatic nitrogens is 2. The van der Waals surface area contributed by atoms with Gasteiger partial charge in [0.05, 0.1) is 23.2 Å². The van der Waals surface area contributed by atoms with E-state index in [0.29, 0.717) is 0 Å². The molecular weight excluding hydrogens is 460 g/mol. The molecule has 1 aliphatic carbocycles. The number of benzene rings is 3. The average Bonchev–Trinajstić information content (AvgIpc) is 3.44. The van der Waals surface area contributed by atoms with Gasteiger partial charge in [0.1, 0.15) is 0 Å². The highest BCUT2D eigenvalue weighted by Gasteiger charge is 2.65. The second-order valence-electron chi connectivity index (χ2n) is 10.2. The van der Waals surface area contributed by atoms with E-state index in [2.05, 4.69) is 88.1 Å². The number of hydrogen-bond acceptors (Lipinski definition) is 4. The van der Waals surface area contributed by atoms with Gasteiger partial charge < -0.3 is 10.1 Å². The molecule has 3 aromatic carbocycles. The summed E-state index contributed by atoms with van der Waals surface area (Å²) in [4.78, 5) is 15.1. The van der Waals surface area contributed by atoms with Crippen molar-refractivity contribution < 1.29 is 9.53 Å². The first kappa shape index (κ1) is 23.6. The highest BCUT2D eigenvalue weighted by atomic mass is 16.5. The summed E-state index contributed by atoms with van der Waals surface area (Å²) in [5.74, 6) is 0.315. The van der Waals surface area contributed by atoms with E-state index in [0.717, 1.165) is 66.1 Å². The van der Waals surface area contributed by atoms with Crippen molar-refractivity contribution in [2.45, 2.75) is 31.2 Å². The molecular formula is C31H32N4O2. The zero-order valence-corrected chi connectivity index (χ0v) is 21.3. The summed E-state index contributed by atoms with van der Waals surface area (Å²) in [5, 5.41) is 11.9. The Morgan fingerprint density at radius 3 is 2.78 bits per heavy atom. The normalized spacial score (nSPS) is 20.3. The number of ether oxygens (including phenoxy) is 1. The minimum atomic E-state index is -0.419. The molecule has 1 saturated carbocycles. The lowest BCUT2D eigenvalue weighted by molar-refractivity contribution is -0.118. The highest BCUT2D eigenvalue weighted by Crippen LogP contribution is 2.64. The lowest BCUT2D eigenvalue weighted by atomic mass is 9.92. The fourth-order valence-corrected chi connectivity index (χ4v) is 5.62. The van der Waals surface area contributed by atoms with Gasteiger partial charge >= 0.3 is 0 Å². The zero-order valence-electron chi connectivity index (χ0n) is 21.3. The number of carbonyl (C=O) groups excluding carboxylic acids is 1. The molecule has 0 radical (unpaired) electrons. The van der Waals surface area contributed by atoms with Crippen LogP contribution in [0.2, 0.25) is 0 Å². The Balaban J connectivity index is 1.14. The second-order valence-corrected chi connectivity index (χ2v) is 10.2. The van der Waals surface area contributed by atoms with Gasteiger partial charge in [-0.2, -0.15) is 5.10 Å². The van der Waals surface area contributed by atoms with Gasteiger partial charge in [-0.25, -0.2) is 0 Å². The Hall–Kier alpha value is -3.74. The van der Waals surface area contributed by atoms with Crippen LogP contribution in [0, 0.1) is 0 Å². The van der Waals surface area contributed by atoms with Crippen molar-refractivity contribution in [1.82, 2.24) is 15.1 Å². The zero-order chi connectivity index (χ0) is 25.4. The van der Waals surface area contributed by atoms with Gasteiger partial charge in [0.25, 0.3) is 0 Å². The number of carbonyl (C=O) groups is 1. The standard InChI is InChI=1S/C31H32N4O2/c1-3-37-17-16-35(2)20-22-10-8-21(9-11-22)12-15-27-24-14-13-23(18-29(24)34-33-27)26-19-31(26)25-6-4-5-7-28(25)32-30(31)36/h4-15,18,26H,3,16-17,19-20H2,1-2H3,(H,32,36)(H,33,34)/b15-12+/t26-,31-/m0/s1. The fourth-order valence-electron chi connectivity index (χ4n) is 5.62. The third kappa shape index (κ3) is 4.37. The van der Waals surface area contributed by atoms with Crippen molar-refractivity contribution in [3.8, 4) is 0 Å². The molecule has 6 rings (SSSR count). The Labute approximate surface area is 217 Å². The van der Waals surface area contributed by atoms with E-state index >= 15 is 0 Å². The van der Waals surface area contributed by atoms with Crippen LogP contribution in [-0.4, -0.2) is 47.8 Å². The molecule has 2 heterocycles. The number of amides is 1. The van der Waals surface area contributed by atoms with Crippen molar-refractivity contribution >= 4 is 34.6 Å². The topological polar surface area (TPSA) is 70.2 Å². The van der Waals surface area contributed by atoms with Crippen LogP contribution in [0.15, 0.2) is 66.7 Å². The van der Waals surface area contributed by atoms with Crippen molar-refractivity contribution in [3.05, 3.63) is 94.7 Å². The van der Waals surface area contributed by atoms with E-state index in [9.17, 15) is 4.79 Å². The first-order chi connectivity index (χ1) is 18.1. The lowest BCUT2D eigenvalue weighted by Gasteiger charge is -2.16. The Bertz CT molecular complexity index is 1470. The van der Waals surface area contributed by atoms with Crippen LogP contribution < -0.4 is 5.32 Å². The number of aromatic amines is 1. The molecule has 6 nitrogen and oxygen atoms in total. The van der Waals surface area contributed by atoms with E-state index in [1.54, 1.807) is 0 Å². The minimum Gasteiger partial charge on any atom is -0.380 e. The molecule has 6 heteroatoms. The molecule has 1 aliphatic heterocycles. The number of rotatable bonds is 9. The van der Waals surface area contributed by atoms with Gasteiger partial charge in [-0.05, 0) is 60.9 Å². The number of nitrogens with zero attached hydrogens (tertiary/aromatic N) is 2. The Kier molecular flexibility index (Phi) is 6.14. The van der Waals surface area contributed by atoms with Crippen molar-refractivity contribution in [2.24, 2.45) is 0 Å². The molecule has 2 atom stereocenters. The van der Waals surface area contributed by atoms with E-state index < -0.39 is 5.41 Å². The van der Waals surface area contributed by atoms with Crippen molar-refractivity contribution in [1.29, 1.82) is 0 Å². The average molecular weight is 493 g/mol. The van der Waals surface area contributed by atoms with E-state index in [1.165, 1.54) is 11.1 Å². The summed E-state index contributed by atoms with van der Waals surface area (Å²) < 4.78 is 5.44. The van der Waals surface area contributed by atoms with Crippen molar-refractivity contribution in [2.75, 3.05) is 32.1 Å². The van der Waals surface area contributed by atoms with Gasteiger partial charge in [0, 0.05) is 36.7 Å². The first-order valence-electron chi connectivity index (χ1n) is 13.0. The molecule has 2 aliphatic rings. The SMILES string of the molecule is CCOCCN(C)Cc1ccc(/C=C/c2n[nH]c3cc([C@@H]4C[C@@]45C(=O)Nc4ccccc45)ccc23)cc1. The number of para-hydroxylation sites is 1. The van der Waals surface area contributed by atoms with Crippen LogP contribution in [0.3, 0.4) is 0 Å². The summed E-state index contributed by atoms with van der Waals surface area (Å²) in [6.45, 7) is 5.37. The number of H-pyrrole nitrogens is 1. The number of fused-ring (bicyclic) bond motifs is 3. The Morgan fingerprint density at radius 1 is 1.11 bits per heavy atom. The predicted octanol–water partition coefficient (Wildman–Crippen LogP) is 5.58. The molecule has 1 amide bonds. The van der Waals surface area contributed by atoms with Gasteiger partial charge in [-0.15, -0.1) is 0 Å². The van der Waals surface area contributed by atoms with Crippen LogP contribution >= 0.6 is 0 Å². The summed E-state index contributed by atoms with van der Waals surface area (Å²) in [6.07, 6.45) is 5.00. The summed E-state index contributed by atoms with van der Waals surface area (Å²) >= 11 is 0. The number of likely N-dealkylation sites (N-methyl/N-ethyl adjacent to an activating group) is 1. The fraction of sp³-hybridized carbons (Fsp3) is 0.290. The molecule has 37 heavy (non-hydrogen) atoms. The van der Waals surface area contributed by atoms with E-state index in [1.807, 2.05) is 25.1 Å². The maximum Gasteiger partial charge on any atom is 0.235 e. The lowest BCUT2D eigenvalue weighted by Crippen LogP contribution is -2.22. The monoisotopic (exact) mass is 492 g/mol. The van der Waals surface area contributed by atoms with Gasteiger partial charge in [0.2, 0.25) is 5.91 Å². The molecule has 1 aromatic heterocycles. The van der Waals surface area contributed by atoms with Crippen molar-refractivity contribution in [3.63, 3.8) is 0 Å². The highest BCUT2D eigenvalue weighted by molar-refractivity contribution is 6.09. The van der Waals surface area contributed by atoms with Crippen LogP contribution in [0.5, 0.6) is 0 Å². The molecule has 1 spiro atoms. The minimum absolute atomic E-state index is 0.121. The smallest absolute Gasteiger partial charge is 0.235 e. The third-order valence-electron chi connectivity index (χ3n) is 7.73. The van der Waals surface area contributed by atoms with E-state index in [-0.39, 0.29) is 11.8 Å².